The topological polar surface area (TPSA) is 129 Å². The van der Waals surface area contributed by atoms with Crippen LogP contribution in [0.25, 0.3) is 0 Å². The standard InChI is InChI=1S/C21H33N3O7S2/c1-11-17-16(12(2)25)20(27)24(17)18(21(28)29)19(11)33-14-7-13(22-8-14)9-32-6-5-15(26)23(31-4)10-30-3/h11-14,16-17,22,25H,5-10H2,1-4H3,(H,28,29)/t11-,12-,13+,14+,16-,17-/m1/s1. The largest absolute Gasteiger partial charge is 0.477 e. The van der Waals surface area contributed by atoms with Gasteiger partial charge in [-0.15, -0.1) is 11.8 Å². The summed E-state index contributed by atoms with van der Waals surface area (Å²) in [6, 6.07) is -0.0105. The van der Waals surface area contributed by atoms with Crippen LogP contribution in [0.4, 0.5) is 0 Å². The first-order valence-electron chi connectivity index (χ1n) is 11.0. The third-order valence-electron chi connectivity index (χ3n) is 6.31. The number of fused-ring (bicyclic) bond motifs is 1. The molecule has 6 atom stereocenters. The lowest BCUT2D eigenvalue weighted by atomic mass is 9.79. The van der Waals surface area contributed by atoms with Gasteiger partial charge in [0.15, 0.2) is 0 Å². The van der Waals surface area contributed by atoms with Gasteiger partial charge in [0.25, 0.3) is 0 Å². The third-order valence-corrected chi connectivity index (χ3v) is 8.95. The number of thioether (sulfide) groups is 2. The third kappa shape index (κ3) is 5.51. The second-order valence-electron chi connectivity index (χ2n) is 8.55. The van der Waals surface area contributed by atoms with Crippen LogP contribution in [0.2, 0.25) is 0 Å². The van der Waals surface area contributed by atoms with Gasteiger partial charge in [0.05, 0.1) is 25.2 Å². The summed E-state index contributed by atoms with van der Waals surface area (Å²) in [6.07, 6.45) is 0.433. The molecule has 186 valence electrons. The predicted octanol–water partition coefficient (Wildman–Crippen LogP) is 0.721. The Kier molecular flexibility index (Phi) is 9.09. The summed E-state index contributed by atoms with van der Waals surface area (Å²) in [6.45, 7) is 4.37. The molecule has 0 aromatic carbocycles. The minimum absolute atomic E-state index is 0.0782. The molecule has 0 aromatic heterocycles. The van der Waals surface area contributed by atoms with Gasteiger partial charge in [-0.3, -0.25) is 14.4 Å². The lowest BCUT2D eigenvalue weighted by Gasteiger charge is -2.46. The van der Waals surface area contributed by atoms with E-state index in [4.69, 9.17) is 9.57 Å². The van der Waals surface area contributed by atoms with Crippen molar-refractivity contribution in [2.75, 3.05) is 39.0 Å². The summed E-state index contributed by atoms with van der Waals surface area (Å²) in [5.74, 6) is -0.667. The SMILES string of the molecule is COCN(OC)C(=O)CCSC[C@@H]1C[C@H](SC2=C(C(=O)O)N3C(=O)[C@H]([C@@H](C)O)[C@H]3[C@H]2C)CN1. The van der Waals surface area contributed by atoms with Gasteiger partial charge in [0.1, 0.15) is 12.4 Å². The van der Waals surface area contributed by atoms with Gasteiger partial charge in [-0.1, -0.05) is 6.92 Å². The number of carbonyl (C=O) groups is 3. The number of aliphatic carboxylic acids is 1. The first-order valence-corrected chi connectivity index (χ1v) is 13.0. The van der Waals surface area contributed by atoms with Gasteiger partial charge in [0.2, 0.25) is 11.8 Å². The molecule has 0 radical (unpaired) electrons. The van der Waals surface area contributed by atoms with E-state index in [1.54, 1.807) is 30.4 Å². The van der Waals surface area contributed by atoms with Crippen molar-refractivity contribution in [3.8, 4) is 0 Å². The second-order valence-corrected chi connectivity index (χ2v) is 11.0. The van der Waals surface area contributed by atoms with Crippen LogP contribution < -0.4 is 5.32 Å². The van der Waals surface area contributed by atoms with Gasteiger partial charge in [0, 0.05) is 53.7 Å². The number of hydrogen-bond donors (Lipinski definition) is 3. The van der Waals surface area contributed by atoms with E-state index in [0.717, 1.165) is 23.6 Å². The Morgan fingerprint density at radius 2 is 2.09 bits per heavy atom. The molecule has 0 bridgehead atoms. The van der Waals surface area contributed by atoms with Crippen molar-refractivity contribution in [1.82, 2.24) is 15.3 Å². The molecule has 2 fully saturated rings. The van der Waals surface area contributed by atoms with Crippen molar-refractivity contribution in [2.24, 2.45) is 11.8 Å². The average molecular weight is 504 g/mol. The Hall–Kier alpha value is -1.31. The number of hydroxylamine groups is 2. The highest BCUT2D eigenvalue weighted by atomic mass is 32.2. The minimum atomic E-state index is -1.09. The van der Waals surface area contributed by atoms with Crippen molar-refractivity contribution < 1.29 is 34.2 Å². The fourth-order valence-electron chi connectivity index (χ4n) is 4.71. The summed E-state index contributed by atoms with van der Waals surface area (Å²) in [5.41, 5.74) is 0.0782. The monoisotopic (exact) mass is 503 g/mol. The van der Waals surface area contributed by atoms with Gasteiger partial charge in [-0.25, -0.2) is 4.79 Å². The zero-order valence-corrected chi connectivity index (χ0v) is 21.0. The maximum atomic E-state index is 12.5. The fraction of sp³-hybridized carbons (Fsp3) is 0.762. The molecule has 33 heavy (non-hydrogen) atoms. The normalized spacial score (nSPS) is 29.8. The lowest BCUT2D eigenvalue weighted by molar-refractivity contribution is -0.196. The van der Waals surface area contributed by atoms with Crippen LogP contribution in [0.3, 0.4) is 0 Å². The van der Waals surface area contributed by atoms with Crippen LogP contribution in [0.15, 0.2) is 10.6 Å². The van der Waals surface area contributed by atoms with Crippen molar-refractivity contribution in [2.45, 2.75) is 50.1 Å². The first-order chi connectivity index (χ1) is 15.7. The average Bonchev–Trinajstić information content (AvgIpc) is 3.30. The number of rotatable bonds is 12. The van der Waals surface area contributed by atoms with E-state index in [1.165, 1.54) is 24.2 Å². The Bertz CT molecular complexity index is 794. The predicted molar refractivity (Wildman–Crippen MR) is 125 cm³/mol. The van der Waals surface area contributed by atoms with Crippen LogP contribution in [0.5, 0.6) is 0 Å². The van der Waals surface area contributed by atoms with Gasteiger partial charge >= 0.3 is 5.97 Å². The smallest absolute Gasteiger partial charge is 0.353 e. The Morgan fingerprint density at radius 1 is 1.36 bits per heavy atom. The van der Waals surface area contributed by atoms with E-state index in [1.807, 2.05) is 6.92 Å². The van der Waals surface area contributed by atoms with Gasteiger partial charge in [-0.05, 0) is 13.3 Å². The van der Waals surface area contributed by atoms with Crippen molar-refractivity contribution >= 4 is 41.3 Å². The highest BCUT2D eigenvalue weighted by Crippen LogP contribution is 2.51. The van der Waals surface area contributed by atoms with E-state index >= 15 is 0 Å². The number of nitrogens with zero attached hydrogens (tertiary/aromatic N) is 2. The van der Waals surface area contributed by atoms with Gasteiger partial charge < -0.3 is 25.2 Å². The summed E-state index contributed by atoms with van der Waals surface area (Å²) >= 11 is 3.23. The second kappa shape index (κ2) is 11.4. The molecular formula is C21H33N3O7S2. The molecule has 3 aliphatic heterocycles. The van der Waals surface area contributed by atoms with Crippen LogP contribution >= 0.6 is 23.5 Å². The van der Waals surface area contributed by atoms with Crippen molar-refractivity contribution in [3.05, 3.63) is 10.6 Å². The number of carboxylic acids is 1. The van der Waals surface area contributed by atoms with Crippen LogP contribution in [-0.2, 0) is 24.0 Å². The molecule has 0 aromatic rings. The quantitative estimate of drug-likeness (QED) is 0.152. The molecule has 3 aliphatic rings. The molecule has 2 saturated heterocycles. The molecule has 3 rings (SSSR count). The molecule has 3 heterocycles. The number of amides is 2. The zero-order chi connectivity index (χ0) is 24.3. The first kappa shape index (κ1) is 26.3. The van der Waals surface area contributed by atoms with E-state index in [0.29, 0.717) is 12.2 Å². The number of aliphatic hydroxyl groups excluding tert-OH is 1. The Balaban J connectivity index is 1.49. The van der Waals surface area contributed by atoms with Crippen molar-refractivity contribution in [1.29, 1.82) is 0 Å². The summed E-state index contributed by atoms with van der Waals surface area (Å²) < 4.78 is 4.93. The highest BCUT2D eigenvalue weighted by Gasteiger charge is 2.60. The number of methoxy groups -OCH3 is 1. The number of hydrogen-bond acceptors (Lipinski definition) is 9. The maximum Gasteiger partial charge on any atom is 0.353 e. The summed E-state index contributed by atoms with van der Waals surface area (Å²) in [5, 5.41) is 24.6. The number of ether oxygens (including phenoxy) is 1. The van der Waals surface area contributed by atoms with E-state index in [2.05, 4.69) is 5.32 Å². The minimum Gasteiger partial charge on any atom is -0.477 e. The Labute approximate surface area is 202 Å². The van der Waals surface area contributed by atoms with Crippen LogP contribution in [-0.4, -0.2) is 100 Å². The molecule has 0 unspecified atom stereocenters. The van der Waals surface area contributed by atoms with Crippen LogP contribution in [0.1, 0.15) is 26.7 Å². The van der Waals surface area contributed by atoms with E-state index in [9.17, 15) is 24.6 Å². The number of carboxylic acid groups (broad SMARTS) is 1. The number of nitrogens with one attached hydrogen (secondary N) is 1. The van der Waals surface area contributed by atoms with Crippen molar-refractivity contribution in [3.63, 3.8) is 0 Å². The Morgan fingerprint density at radius 3 is 2.70 bits per heavy atom. The molecule has 2 amide bonds. The van der Waals surface area contributed by atoms with Crippen LogP contribution in [0, 0.1) is 11.8 Å². The molecule has 3 N–H and O–H groups in total. The fourth-order valence-corrected chi connectivity index (χ4v) is 7.25. The van der Waals surface area contributed by atoms with E-state index < -0.39 is 18.0 Å². The molecule has 0 spiro atoms. The number of β-lactam (4-membered cyclic amide) rings is 1. The molecular weight excluding hydrogens is 470 g/mol. The van der Waals surface area contributed by atoms with Gasteiger partial charge in [-0.2, -0.15) is 16.8 Å². The molecule has 0 saturated carbocycles. The number of aliphatic hydroxyl groups is 1. The molecule has 10 nitrogen and oxygen atoms in total. The summed E-state index contributed by atoms with van der Waals surface area (Å²) in [4.78, 5) is 43.6. The maximum absolute atomic E-state index is 12.5. The van der Waals surface area contributed by atoms with E-state index in [-0.39, 0.29) is 47.5 Å². The number of carbonyl (C=O) groups excluding carboxylic acids is 2. The lowest BCUT2D eigenvalue weighted by Crippen LogP contribution is -2.63. The summed E-state index contributed by atoms with van der Waals surface area (Å²) in [7, 11) is 2.94. The molecule has 12 heteroatoms. The highest BCUT2D eigenvalue weighted by molar-refractivity contribution is 8.03. The zero-order valence-electron chi connectivity index (χ0n) is 19.4. The molecule has 0 aliphatic carbocycles.